The fourth-order valence-electron chi connectivity index (χ4n) is 2.92. The van der Waals surface area contributed by atoms with Crippen molar-refractivity contribution in [1.29, 1.82) is 0 Å². The summed E-state index contributed by atoms with van der Waals surface area (Å²) >= 11 is 0. The van der Waals surface area contributed by atoms with Crippen molar-refractivity contribution in [1.82, 2.24) is 10.2 Å². The molecular weight excluding hydrogens is 396 g/mol. The largest absolute Gasteiger partial charge is 0.497 e. The molecule has 0 heterocycles. The van der Waals surface area contributed by atoms with Crippen molar-refractivity contribution in [3.8, 4) is 17.2 Å². The minimum Gasteiger partial charge on any atom is -0.497 e. The molecule has 7 heteroatoms. The number of benzene rings is 2. The first kappa shape index (κ1) is 24.1. The molecule has 0 fully saturated rings. The van der Waals surface area contributed by atoms with Crippen molar-refractivity contribution in [2.45, 2.75) is 45.8 Å². The smallest absolute Gasteiger partial charge is 0.261 e. The summed E-state index contributed by atoms with van der Waals surface area (Å²) in [6.07, 6.45) is 0. The van der Waals surface area contributed by atoms with Gasteiger partial charge in [0.25, 0.3) is 5.91 Å². The average Bonchev–Trinajstić information content (AvgIpc) is 2.74. The van der Waals surface area contributed by atoms with E-state index in [9.17, 15) is 9.59 Å². The van der Waals surface area contributed by atoms with Crippen molar-refractivity contribution in [2.24, 2.45) is 0 Å². The first-order chi connectivity index (χ1) is 14.6. The van der Waals surface area contributed by atoms with E-state index in [1.54, 1.807) is 45.4 Å². The fourth-order valence-corrected chi connectivity index (χ4v) is 2.92. The summed E-state index contributed by atoms with van der Waals surface area (Å²) in [5, 5.41) is 2.94. The maximum absolute atomic E-state index is 13.1. The van der Waals surface area contributed by atoms with Gasteiger partial charge in [-0.1, -0.05) is 12.1 Å². The van der Waals surface area contributed by atoms with E-state index in [1.807, 2.05) is 45.0 Å². The summed E-state index contributed by atoms with van der Waals surface area (Å²) in [6, 6.07) is 13.7. The summed E-state index contributed by atoms with van der Waals surface area (Å²) in [5.74, 6) is 1.41. The van der Waals surface area contributed by atoms with E-state index in [4.69, 9.17) is 14.2 Å². The van der Waals surface area contributed by atoms with Crippen molar-refractivity contribution in [2.75, 3.05) is 20.8 Å². The van der Waals surface area contributed by atoms with E-state index in [2.05, 4.69) is 5.32 Å². The van der Waals surface area contributed by atoms with Crippen LogP contribution >= 0.6 is 0 Å². The Kier molecular flexibility index (Phi) is 8.30. The van der Waals surface area contributed by atoms with Gasteiger partial charge in [0.1, 0.15) is 23.3 Å². The van der Waals surface area contributed by atoms with Gasteiger partial charge in [-0.05, 0) is 69.7 Å². The molecule has 0 radical (unpaired) electrons. The molecule has 0 saturated heterocycles. The monoisotopic (exact) mass is 428 g/mol. The molecule has 2 aromatic rings. The molecule has 2 rings (SSSR count). The Bertz CT molecular complexity index is 874. The standard InChI is InChI=1S/C24H32N2O5/c1-17(23(28)25-24(2,3)4)26(15-18-8-7-9-21(14-18)30-6)22(27)16-31-20-12-10-19(29-5)11-13-20/h7-14,17H,15-16H2,1-6H3,(H,25,28)/t17-/m0/s1. The Hall–Kier alpha value is -3.22. The van der Waals surface area contributed by atoms with Gasteiger partial charge >= 0.3 is 0 Å². The maximum Gasteiger partial charge on any atom is 0.261 e. The second-order valence-electron chi connectivity index (χ2n) is 8.25. The third-order valence-corrected chi connectivity index (χ3v) is 4.57. The number of carbonyl (C=O) groups excluding carboxylic acids is 2. The lowest BCUT2D eigenvalue weighted by Crippen LogP contribution is -2.53. The van der Waals surface area contributed by atoms with E-state index in [1.165, 1.54) is 4.90 Å². The van der Waals surface area contributed by atoms with Gasteiger partial charge < -0.3 is 24.4 Å². The Morgan fingerprint density at radius 3 is 2.16 bits per heavy atom. The highest BCUT2D eigenvalue weighted by Gasteiger charge is 2.28. The van der Waals surface area contributed by atoms with Gasteiger partial charge in [0.15, 0.2) is 6.61 Å². The van der Waals surface area contributed by atoms with Gasteiger partial charge in [-0.3, -0.25) is 9.59 Å². The molecule has 0 saturated carbocycles. The lowest BCUT2D eigenvalue weighted by atomic mass is 10.1. The Labute approximate surface area is 184 Å². The molecule has 0 spiro atoms. The number of methoxy groups -OCH3 is 2. The number of ether oxygens (including phenoxy) is 3. The van der Waals surface area contributed by atoms with Gasteiger partial charge in [-0.15, -0.1) is 0 Å². The molecule has 0 aliphatic heterocycles. The van der Waals surface area contributed by atoms with Gasteiger partial charge in [0.05, 0.1) is 14.2 Å². The van der Waals surface area contributed by atoms with Crippen LogP contribution in [0.3, 0.4) is 0 Å². The lowest BCUT2D eigenvalue weighted by Gasteiger charge is -2.31. The van der Waals surface area contributed by atoms with Crippen LogP contribution in [0, 0.1) is 0 Å². The van der Waals surface area contributed by atoms with E-state index in [-0.39, 0.29) is 25.0 Å². The highest BCUT2D eigenvalue weighted by Crippen LogP contribution is 2.19. The molecule has 0 aromatic heterocycles. The number of rotatable bonds is 9. The van der Waals surface area contributed by atoms with Gasteiger partial charge in [0, 0.05) is 12.1 Å². The zero-order valence-corrected chi connectivity index (χ0v) is 19.1. The maximum atomic E-state index is 13.1. The summed E-state index contributed by atoms with van der Waals surface area (Å²) < 4.78 is 16.1. The summed E-state index contributed by atoms with van der Waals surface area (Å²) in [5.41, 5.74) is 0.447. The number of hydrogen-bond acceptors (Lipinski definition) is 5. The zero-order valence-electron chi connectivity index (χ0n) is 19.1. The van der Waals surface area contributed by atoms with Crippen molar-refractivity contribution < 1.29 is 23.8 Å². The highest BCUT2D eigenvalue weighted by atomic mass is 16.5. The van der Waals surface area contributed by atoms with Crippen LogP contribution in [-0.2, 0) is 16.1 Å². The lowest BCUT2D eigenvalue weighted by molar-refractivity contribution is -0.142. The molecule has 1 N–H and O–H groups in total. The summed E-state index contributed by atoms with van der Waals surface area (Å²) in [6.45, 7) is 7.48. The molecule has 0 unspecified atom stereocenters. The highest BCUT2D eigenvalue weighted by molar-refractivity contribution is 5.88. The van der Waals surface area contributed by atoms with Gasteiger partial charge in [-0.25, -0.2) is 0 Å². The minimum atomic E-state index is -0.683. The number of nitrogens with zero attached hydrogens (tertiary/aromatic N) is 1. The van der Waals surface area contributed by atoms with Crippen LogP contribution in [-0.4, -0.2) is 49.1 Å². The van der Waals surface area contributed by atoms with E-state index < -0.39 is 11.6 Å². The van der Waals surface area contributed by atoms with E-state index in [0.29, 0.717) is 17.2 Å². The Morgan fingerprint density at radius 1 is 0.968 bits per heavy atom. The Morgan fingerprint density at radius 2 is 1.58 bits per heavy atom. The zero-order chi connectivity index (χ0) is 23.0. The predicted molar refractivity (Wildman–Crippen MR) is 119 cm³/mol. The quantitative estimate of drug-likeness (QED) is 0.662. The normalized spacial score (nSPS) is 11.9. The number of hydrogen-bond donors (Lipinski definition) is 1. The summed E-state index contributed by atoms with van der Waals surface area (Å²) in [4.78, 5) is 27.4. The fraction of sp³-hybridized carbons (Fsp3) is 0.417. The van der Waals surface area contributed by atoms with Crippen molar-refractivity contribution in [3.05, 3.63) is 54.1 Å². The van der Waals surface area contributed by atoms with Crippen LogP contribution in [0.1, 0.15) is 33.3 Å². The van der Waals surface area contributed by atoms with Crippen molar-refractivity contribution >= 4 is 11.8 Å². The molecule has 2 aromatic carbocycles. The molecular formula is C24H32N2O5. The third kappa shape index (κ3) is 7.51. The second-order valence-corrected chi connectivity index (χ2v) is 8.25. The topological polar surface area (TPSA) is 77.1 Å². The van der Waals surface area contributed by atoms with Crippen LogP contribution in [0.25, 0.3) is 0 Å². The van der Waals surface area contributed by atoms with Gasteiger partial charge in [0.2, 0.25) is 5.91 Å². The van der Waals surface area contributed by atoms with Crippen LogP contribution in [0.15, 0.2) is 48.5 Å². The molecule has 2 amide bonds. The predicted octanol–water partition coefficient (Wildman–Crippen LogP) is 3.41. The van der Waals surface area contributed by atoms with Crippen LogP contribution in [0.4, 0.5) is 0 Å². The molecule has 7 nitrogen and oxygen atoms in total. The Balaban J connectivity index is 2.17. The summed E-state index contributed by atoms with van der Waals surface area (Å²) in [7, 11) is 3.17. The second kappa shape index (κ2) is 10.7. The molecule has 0 aliphatic carbocycles. The third-order valence-electron chi connectivity index (χ3n) is 4.57. The van der Waals surface area contributed by atoms with E-state index in [0.717, 1.165) is 5.56 Å². The number of nitrogens with one attached hydrogen (secondary N) is 1. The van der Waals surface area contributed by atoms with Crippen LogP contribution in [0.5, 0.6) is 17.2 Å². The SMILES string of the molecule is COc1ccc(OCC(=O)N(Cc2cccc(OC)c2)[C@@H](C)C(=O)NC(C)(C)C)cc1. The molecule has 168 valence electrons. The number of carbonyl (C=O) groups is 2. The molecule has 1 atom stereocenters. The average molecular weight is 429 g/mol. The van der Waals surface area contributed by atoms with Crippen LogP contribution < -0.4 is 19.5 Å². The van der Waals surface area contributed by atoms with E-state index >= 15 is 0 Å². The van der Waals surface area contributed by atoms with Crippen molar-refractivity contribution in [3.63, 3.8) is 0 Å². The first-order valence-corrected chi connectivity index (χ1v) is 10.1. The number of amides is 2. The molecule has 31 heavy (non-hydrogen) atoms. The van der Waals surface area contributed by atoms with Gasteiger partial charge in [-0.2, -0.15) is 0 Å². The first-order valence-electron chi connectivity index (χ1n) is 10.1. The molecule has 0 bridgehead atoms. The van der Waals surface area contributed by atoms with Crippen LogP contribution in [0.2, 0.25) is 0 Å². The molecule has 0 aliphatic rings. The minimum absolute atomic E-state index is 0.191.